The van der Waals surface area contributed by atoms with E-state index in [1.807, 2.05) is 4.72 Å². The van der Waals surface area contributed by atoms with E-state index in [0.717, 1.165) is 11.6 Å². The summed E-state index contributed by atoms with van der Waals surface area (Å²) in [6.45, 7) is 1.79. The molecule has 0 heterocycles. The predicted molar refractivity (Wildman–Crippen MR) is 83.0 cm³/mol. The van der Waals surface area contributed by atoms with Crippen molar-refractivity contribution in [2.75, 3.05) is 4.72 Å². The number of hydrogen-bond donors (Lipinski definition) is 2. The largest absolute Gasteiger partial charge is 0.478 e. The van der Waals surface area contributed by atoms with Crippen LogP contribution in [0.1, 0.15) is 15.9 Å². The lowest BCUT2D eigenvalue weighted by Gasteiger charge is -2.13. The van der Waals surface area contributed by atoms with E-state index in [2.05, 4.69) is 15.9 Å². The summed E-state index contributed by atoms with van der Waals surface area (Å²) in [6, 6.07) is 8.06. The fraction of sp³-hybridized carbons (Fsp3) is 0.0714. The highest BCUT2D eigenvalue weighted by molar-refractivity contribution is 9.10. The Labute approximate surface area is 135 Å². The van der Waals surface area contributed by atoms with Crippen LogP contribution < -0.4 is 4.72 Å². The molecule has 0 aliphatic carbocycles. The maximum Gasteiger partial charge on any atom is 0.339 e. The molecule has 2 rings (SSSR count). The average Bonchev–Trinajstić information content (AvgIpc) is 2.43. The number of hydrogen-bond acceptors (Lipinski definition) is 3. The molecule has 22 heavy (non-hydrogen) atoms. The van der Waals surface area contributed by atoms with E-state index in [-0.39, 0.29) is 9.37 Å². The van der Waals surface area contributed by atoms with Crippen molar-refractivity contribution >= 4 is 37.6 Å². The number of carbonyl (C=O) groups is 1. The maximum absolute atomic E-state index is 13.9. The van der Waals surface area contributed by atoms with Crippen molar-refractivity contribution in [1.82, 2.24) is 0 Å². The first kappa shape index (κ1) is 16.4. The topological polar surface area (TPSA) is 83.5 Å². The van der Waals surface area contributed by atoms with E-state index < -0.39 is 33.1 Å². The molecule has 0 atom stereocenters. The van der Waals surface area contributed by atoms with Gasteiger partial charge in [0.2, 0.25) is 0 Å². The van der Waals surface area contributed by atoms with Gasteiger partial charge in [-0.1, -0.05) is 17.7 Å². The molecule has 0 saturated carbocycles. The van der Waals surface area contributed by atoms with Gasteiger partial charge in [0.1, 0.15) is 17.1 Å². The second-order valence-electron chi connectivity index (χ2n) is 4.50. The summed E-state index contributed by atoms with van der Waals surface area (Å²) in [6.07, 6.45) is 0. The third-order valence-corrected chi connectivity index (χ3v) is 4.91. The second-order valence-corrected chi connectivity index (χ2v) is 7.04. The van der Waals surface area contributed by atoms with Crippen LogP contribution in [0.3, 0.4) is 0 Å². The molecule has 0 aliphatic heterocycles. The van der Waals surface area contributed by atoms with Crippen LogP contribution in [0.5, 0.6) is 0 Å². The molecule has 2 N–H and O–H groups in total. The molecule has 0 spiro atoms. The molecule has 0 fully saturated rings. The highest BCUT2D eigenvalue weighted by atomic mass is 79.9. The normalized spacial score (nSPS) is 11.2. The van der Waals surface area contributed by atoms with Gasteiger partial charge in [0, 0.05) is 4.47 Å². The average molecular weight is 388 g/mol. The van der Waals surface area contributed by atoms with Gasteiger partial charge in [-0.05, 0) is 47.1 Å². The van der Waals surface area contributed by atoms with Gasteiger partial charge in [-0.25, -0.2) is 17.6 Å². The number of sulfonamides is 1. The Balaban J connectivity index is 2.53. The van der Waals surface area contributed by atoms with Gasteiger partial charge in [-0.2, -0.15) is 0 Å². The minimum atomic E-state index is -4.10. The van der Waals surface area contributed by atoms with E-state index in [4.69, 9.17) is 5.11 Å². The molecular formula is C14H11BrFNO4S. The highest BCUT2D eigenvalue weighted by Crippen LogP contribution is 2.29. The quantitative estimate of drug-likeness (QED) is 0.841. The number of halogens is 2. The zero-order chi connectivity index (χ0) is 16.5. The summed E-state index contributed by atoms with van der Waals surface area (Å²) in [5, 5.41) is 9.14. The summed E-state index contributed by atoms with van der Waals surface area (Å²) in [4.78, 5) is 11.1. The molecule has 0 radical (unpaired) electrons. The molecular weight excluding hydrogens is 377 g/mol. The number of carboxylic acids is 1. The van der Waals surface area contributed by atoms with Gasteiger partial charge in [0.15, 0.2) is 0 Å². The lowest BCUT2D eigenvalue weighted by atomic mass is 10.2. The SMILES string of the molecule is Cc1ccc(S(=O)(=O)Nc2c(F)ccc(Br)c2C(=O)O)cc1. The third-order valence-electron chi connectivity index (χ3n) is 2.89. The van der Waals surface area contributed by atoms with E-state index in [1.54, 1.807) is 19.1 Å². The van der Waals surface area contributed by atoms with Crippen LogP contribution in [-0.4, -0.2) is 19.5 Å². The van der Waals surface area contributed by atoms with E-state index in [1.165, 1.54) is 18.2 Å². The second kappa shape index (κ2) is 6.05. The molecule has 0 amide bonds. The standard InChI is InChI=1S/C14H11BrFNO4S/c1-8-2-4-9(5-3-8)22(20,21)17-13-11(16)7-6-10(15)12(13)14(18)19/h2-7,17H,1H3,(H,18,19). The van der Waals surface area contributed by atoms with Crippen LogP contribution in [0.15, 0.2) is 45.8 Å². The zero-order valence-electron chi connectivity index (χ0n) is 11.3. The van der Waals surface area contributed by atoms with Crippen molar-refractivity contribution < 1.29 is 22.7 Å². The first-order chi connectivity index (χ1) is 10.2. The summed E-state index contributed by atoms with van der Waals surface area (Å²) in [5.74, 6) is -2.43. The predicted octanol–water partition coefficient (Wildman–Crippen LogP) is 3.40. The van der Waals surface area contributed by atoms with Crippen LogP contribution in [0.2, 0.25) is 0 Å². The highest BCUT2D eigenvalue weighted by Gasteiger charge is 2.23. The number of rotatable bonds is 4. The van der Waals surface area contributed by atoms with Crippen molar-refractivity contribution in [3.05, 3.63) is 57.8 Å². The number of carboxylic acid groups (broad SMARTS) is 1. The lowest BCUT2D eigenvalue weighted by Crippen LogP contribution is -2.17. The molecule has 0 bridgehead atoms. The summed E-state index contributed by atoms with van der Waals surface area (Å²) in [7, 11) is -4.10. The number of aromatic carboxylic acids is 1. The van der Waals surface area contributed by atoms with Crippen molar-refractivity contribution in [1.29, 1.82) is 0 Å². The van der Waals surface area contributed by atoms with Gasteiger partial charge in [-0.15, -0.1) is 0 Å². The Hall–Kier alpha value is -1.93. The number of aryl methyl sites for hydroxylation is 1. The fourth-order valence-electron chi connectivity index (χ4n) is 1.77. The van der Waals surface area contributed by atoms with Crippen molar-refractivity contribution in [2.45, 2.75) is 11.8 Å². The van der Waals surface area contributed by atoms with Crippen LogP contribution >= 0.6 is 15.9 Å². The maximum atomic E-state index is 13.9. The van der Waals surface area contributed by atoms with Gasteiger partial charge in [-0.3, -0.25) is 4.72 Å². The van der Waals surface area contributed by atoms with Gasteiger partial charge in [0.05, 0.1) is 4.90 Å². The van der Waals surface area contributed by atoms with Gasteiger partial charge >= 0.3 is 5.97 Å². The molecule has 0 saturated heterocycles. The molecule has 0 aromatic heterocycles. The summed E-state index contributed by atoms with van der Waals surface area (Å²) >= 11 is 2.97. The molecule has 116 valence electrons. The smallest absolute Gasteiger partial charge is 0.339 e. The fourth-order valence-corrected chi connectivity index (χ4v) is 3.35. The Kier molecular flexibility index (Phi) is 4.52. The number of anilines is 1. The molecule has 0 aliphatic rings. The monoisotopic (exact) mass is 387 g/mol. The van der Waals surface area contributed by atoms with Crippen LogP contribution in [-0.2, 0) is 10.0 Å². The molecule has 5 nitrogen and oxygen atoms in total. The minimum absolute atomic E-state index is 0.0722. The van der Waals surface area contributed by atoms with Gasteiger partial charge < -0.3 is 5.11 Å². The number of benzene rings is 2. The summed E-state index contributed by atoms with van der Waals surface area (Å²) in [5.41, 5.74) is -0.239. The van der Waals surface area contributed by atoms with Crippen molar-refractivity contribution in [2.24, 2.45) is 0 Å². The van der Waals surface area contributed by atoms with Crippen LogP contribution in [0.25, 0.3) is 0 Å². The van der Waals surface area contributed by atoms with E-state index in [9.17, 15) is 17.6 Å². The zero-order valence-corrected chi connectivity index (χ0v) is 13.7. The first-order valence-corrected chi connectivity index (χ1v) is 8.31. The van der Waals surface area contributed by atoms with E-state index in [0.29, 0.717) is 0 Å². The minimum Gasteiger partial charge on any atom is -0.478 e. The molecule has 2 aromatic carbocycles. The summed E-state index contributed by atoms with van der Waals surface area (Å²) < 4.78 is 40.5. The third kappa shape index (κ3) is 3.28. The lowest BCUT2D eigenvalue weighted by molar-refractivity contribution is 0.0696. The molecule has 0 unspecified atom stereocenters. The van der Waals surface area contributed by atoms with Gasteiger partial charge in [0.25, 0.3) is 10.0 Å². The molecule has 8 heteroatoms. The van der Waals surface area contributed by atoms with Crippen molar-refractivity contribution in [3.8, 4) is 0 Å². The van der Waals surface area contributed by atoms with Crippen LogP contribution in [0.4, 0.5) is 10.1 Å². The van der Waals surface area contributed by atoms with E-state index >= 15 is 0 Å². The Morgan fingerprint density at radius 3 is 2.32 bits per heavy atom. The molecule has 2 aromatic rings. The Morgan fingerprint density at radius 2 is 1.77 bits per heavy atom. The Bertz CT molecular complexity index is 835. The first-order valence-electron chi connectivity index (χ1n) is 6.03. The van der Waals surface area contributed by atoms with Crippen molar-refractivity contribution in [3.63, 3.8) is 0 Å². The Morgan fingerprint density at radius 1 is 1.18 bits per heavy atom. The number of nitrogens with one attached hydrogen (secondary N) is 1. The van der Waals surface area contributed by atoms with Crippen LogP contribution in [0, 0.1) is 12.7 Å².